The van der Waals surface area contributed by atoms with Crippen molar-refractivity contribution in [2.45, 2.75) is 20.0 Å². The highest BCUT2D eigenvalue weighted by atomic mass is 16.5. The van der Waals surface area contributed by atoms with Gasteiger partial charge in [0.25, 0.3) is 0 Å². The molecule has 0 radical (unpaired) electrons. The summed E-state index contributed by atoms with van der Waals surface area (Å²) in [5.41, 5.74) is 0.479. The lowest BCUT2D eigenvalue weighted by Crippen LogP contribution is -2.12. The number of hydrogen-bond acceptors (Lipinski definition) is 4. The molecule has 0 aromatic carbocycles. The predicted octanol–water partition coefficient (Wildman–Crippen LogP) is 1.63. The van der Waals surface area contributed by atoms with Crippen LogP contribution in [0.4, 0.5) is 0 Å². The molecule has 0 N–H and O–H groups in total. The van der Waals surface area contributed by atoms with Crippen molar-refractivity contribution in [2.24, 2.45) is 5.92 Å². The van der Waals surface area contributed by atoms with Crippen molar-refractivity contribution in [3.05, 3.63) is 23.8 Å². The fourth-order valence-electron chi connectivity index (χ4n) is 1.23. The zero-order valence-corrected chi connectivity index (χ0v) is 8.60. The number of aromatic nitrogens is 2. The summed E-state index contributed by atoms with van der Waals surface area (Å²) >= 11 is 0. The first-order chi connectivity index (χ1) is 6.69. The van der Waals surface area contributed by atoms with Gasteiger partial charge in [0.2, 0.25) is 0 Å². The van der Waals surface area contributed by atoms with E-state index in [2.05, 4.69) is 9.97 Å². The Morgan fingerprint density at radius 3 is 2.29 bits per heavy atom. The van der Waals surface area contributed by atoms with Gasteiger partial charge in [0.15, 0.2) is 12.1 Å². The molecule has 0 amide bonds. The van der Waals surface area contributed by atoms with Crippen LogP contribution in [0, 0.1) is 5.92 Å². The zero-order chi connectivity index (χ0) is 10.6. The second-order valence-corrected chi connectivity index (χ2v) is 3.39. The molecular weight excluding hydrogens is 180 g/mol. The highest BCUT2D eigenvalue weighted by Crippen LogP contribution is 2.20. The number of rotatable bonds is 4. The maximum absolute atomic E-state index is 10.4. The SMILES string of the molecule is COC(c1ncc(C=O)cn1)C(C)C. The quantitative estimate of drug-likeness (QED) is 0.683. The first-order valence-corrected chi connectivity index (χ1v) is 4.49. The third-order valence-corrected chi connectivity index (χ3v) is 1.94. The van der Waals surface area contributed by atoms with E-state index in [9.17, 15) is 4.79 Å². The van der Waals surface area contributed by atoms with Crippen LogP contribution in [0.3, 0.4) is 0 Å². The summed E-state index contributed by atoms with van der Waals surface area (Å²) in [4.78, 5) is 18.5. The number of aldehydes is 1. The molecule has 1 heterocycles. The fourth-order valence-corrected chi connectivity index (χ4v) is 1.23. The highest BCUT2D eigenvalue weighted by Gasteiger charge is 2.17. The van der Waals surface area contributed by atoms with E-state index >= 15 is 0 Å². The second kappa shape index (κ2) is 4.81. The lowest BCUT2D eigenvalue weighted by Gasteiger charge is -2.17. The Bertz CT molecular complexity index is 295. The lowest BCUT2D eigenvalue weighted by molar-refractivity contribution is 0.0574. The maximum atomic E-state index is 10.4. The van der Waals surface area contributed by atoms with Crippen LogP contribution in [0.5, 0.6) is 0 Å². The van der Waals surface area contributed by atoms with Crippen LogP contribution in [0.25, 0.3) is 0 Å². The third kappa shape index (κ3) is 2.35. The van der Waals surface area contributed by atoms with Gasteiger partial charge in [-0.05, 0) is 5.92 Å². The number of methoxy groups -OCH3 is 1. The summed E-state index contributed by atoms with van der Waals surface area (Å²) in [5, 5.41) is 0. The molecule has 1 aromatic rings. The smallest absolute Gasteiger partial charge is 0.157 e. The van der Waals surface area contributed by atoms with Gasteiger partial charge in [0.05, 0.1) is 5.56 Å². The van der Waals surface area contributed by atoms with Crippen LogP contribution in [0.1, 0.15) is 36.1 Å². The normalized spacial score (nSPS) is 12.9. The zero-order valence-electron chi connectivity index (χ0n) is 8.60. The summed E-state index contributed by atoms with van der Waals surface area (Å²) in [6, 6.07) is 0. The molecule has 76 valence electrons. The number of hydrogen-bond donors (Lipinski definition) is 0. The number of carbonyl (C=O) groups is 1. The Labute approximate surface area is 83.3 Å². The Morgan fingerprint density at radius 2 is 1.93 bits per heavy atom. The molecule has 4 nitrogen and oxygen atoms in total. The molecule has 1 rings (SSSR count). The second-order valence-electron chi connectivity index (χ2n) is 3.39. The average Bonchev–Trinajstić information content (AvgIpc) is 2.19. The topological polar surface area (TPSA) is 52.1 Å². The molecule has 1 aromatic heterocycles. The van der Waals surface area contributed by atoms with E-state index in [1.54, 1.807) is 7.11 Å². The number of nitrogens with zero attached hydrogens (tertiary/aromatic N) is 2. The summed E-state index contributed by atoms with van der Waals surface area (Å²) in [6.45, 7) is 4.07. The molecule has 1 unspecified atom stereocenters. The Balaban J connectivity index is 2.89. The molecule has 0 saturated heterocycles. The monoisotopic (exact) mass is 194 g/mol. The first-order valence-electron chi connectivity index (χ1n) is 4.49. The minimum atomic E-state index is -0.115. The fraction of sp³-hybridized carbons (Fsp3) is 0.500. The van der Waals surface area contributed by atoms with E-state index in [4.69, 9.17) is 4.74 Å². The molecule has 14 heavy (non-hydrogen) atoms. The van der Waals surface area contributed by atoms with Crippen molar-refractivity contribution in [3.63, 3.8) is 0 Å². The van der Waals surface area contributed by atoms with Crippen LogP contribution in [0.2, 0.25) is 0 Å². The van der Waals surface area contributed by atoms with Gasteiger partial charge in [-0.1, -0.05) is 13.8 Å². The molecule has 0 aliphatic heterocycles. The number of ether oxygens (including phenoxy) is 1. The van der Waals surface area contributed by atoms with Crippen molar-refractivity contribution in [1.29, 1.82) is 0 Å². The third-order valence-electron chi connectivity index (χ3n) is 1.94. The van der Waals surface area contributed by atoms with Crippen LogP contribution < -0.4 is 0 Å². The van der Waals surface area contributed by atoms with Gasteiger partial charge in [0, 0.05) is 19.5 Å². The van der Waals surface area contributed by atoms with Crippen LogP contribution in [-0.4, -0.2) is 23.4 Å². The molecule has 0 saturated carbocycles. The van der Waals surface area contributed by atoms with E-state index in [0.717, 1.165) is 6.29 Å². The van der Waals surface area contributed by atoms with Gasteiger partial charge in [-0.2, -0.15) is 0 Å². The Kier molecular flexibility index (Phi) is 3.71. The molecular formula is C10H14N2O2. The van der Waals surface area contributed by atoms with Crippen molar-refractivity contribution < 1.29 is 9.53 Å². The van der Waals surface area contributed by atoms with Crippen LogP contribution in [0.15, 0.2) is 12.4 Å². The van der Waals surface area contributed by atoms with Gasteiger partial charge in [-0.3, -0.25) is 4.79 Å². The van der Waals surface area contributed by atoms with E-state index in [1.807, 2.05) is 13.8 Å². The summed E-state index contributed by atoms with van der Waals surface area (Å²) in [5.74, 6) is 0.926. The van der Waals surface area contributed by atoms with Gasteiger partial charge in [-0.25, -0.2) is 9.97 Å². The lowest BCUT2D eigenvalue weighted by atomic mass is 10.1. The van der Waals surface area contributed by atoms with Gasteiger partial charge in [0.1, 0.15) is 6.10 Å². The van der Waals surface area contributed by atoms with Crippen molar-refractivity contribution in [1.82, 2.24) is 9.97 Å². The van der Waals surface area contributed by atoms with Crippen LogP contribution >= 0.6 is 0 Å². The minimum absolute atomic E-state index is 0.115. The largest absolute Gasteiger partial charge is 0.373 e. The Morgan fingerprint density at radius 1 is 1.36 bits per heavy atom. The molecule has 1 atom stereocenters. The summed E-state index contributed by atoms with van der Waals surface area (Å²) < 4.78 is 5.26. The first kappa shape index (κ1) is 10.8. The van der Waals surface area contributed by atoms with Crippen molar-refractivity contribution >= 4 is 6.29 Å². The van der Waals surface area contributed by atoms with Crippen molar-refractivity contribution in [2.75, 3.05) is 7.11 Å². The minimum Gasteiger partial charge on any atom is -0.373 e. The molecule has 0 bridgehead atoms. The average molecular weight is 194 g/mol. The number of carbonyl (C=O) groups excluding carboxylic acids is 1. The summed E-state index contributed by atoms with van der Waals surface area (Å²) in [7, 11) is 1.63. The van der Waals surface area contributed by atoms with Gasteiger partial charge >= 0.3 is 0 Å². The van der Waals surface area contributed by atoms with Crippen molar-refractivity contribution in [3.8, 4) is 0 Å². The molecule has 4 heteroatoms. The van der Waals surface area contributed by atoms with Gasteiger partial charge in [-0.15, -0.1) is 0 Å². The standard InChI is InChI=1S/C10H14N2O2/c1-7(2)9(14-3)10-11-4-8(6-13)5-12-10/h4-7,9H,1-3H3. The van der Waals surface area contributed by atoms with Gasteiger partial charge < -0.3 is 4.74 Å². The van der Waals surface area contributed by atoms with E-state index in [-0.39, 0.29) is 6.10 Å². The van der Waals surface area contributed by atoms with E-state index in [0.29, 0.717) is 17.3 Å². The summed E-state index contributed by atoms with van der Waals surface area (Å²) in [6.07, 6.45) is 3.62. The molecule has 0 aliphatic rings. The highest BCUT2D eigenvalue weighted by molar-refractivity contribution is 5.73. The van der Waals surface area contributed by atoms with E-state index < -0.39 is 0 Å². The Hall–Kier alpha value is -1.29. The van der Waals surface area contributed by atoms with E-state index in [1.165, 1.54) is 12.4 Å². The van der Waals surface area contributed by atoms with Crippen LogP contribution in [-0.2, 0) is 4.74 Å². The molecule has 0 aliphatic carbocycles. The maximum Gasteiger partial charge on any atom is 0.157 e. The molecule has 0 fully saturated rings. The molecule has 0 spiro atoms. The predicted molar refractivity (Wildman–Crippen MR) is 52.0 cm³/mol.